The lowest BCUT2D eigenvalue weighted by molar-refractivity contribution is -0.289. The Kier molecular flexibility index (Phi) is 6.25. The van der Waals surface area contributed by atoms with E-state index in [1.54, 1.807) is 19.9 Å². The minimum Gasteiger partial charge on any atom is -0.483 e. The van der Waals surface area contributed by atoms with Crippen molar-refractivity contribution >= 4 is 5.70 Å². The molecule has 0 atom stereocenters. The maximum atomic E-state index is 14.2. The molecule has 1 aliphatic rings. The van der Waals surface area contributed by atoms with Crippen LogP contribution in [0.1, 0.15) is 38.8 Å². The molecule has 1 aliphatic heterocycles. The van der Waals surface area contributed by atoms with Gasteiger partial charge in [-0.25, -0.2) is 0 Å². The van der Waals surface area contributed by atoms with Gasteiger partial charge in [0.1, 0.15) is 11.4 Å². The maximum absolute atomic E-state index is 14.2. The summed E-state index contributed by atoms with van der Waals surface area (Å²) in [7, 11) is 0. The van der Waals surface area contributed by atoms with Crippen LogP contribution in [0.25, 0.3) is 5.70 Å². The van der Waals surface area contributed by atoms with Gasteiger partial charge in [-0.1, -0.05) is 19.9 Å². The predicted octanol–water partition coefficient (Wildman–Crippen LogP) is 5.27. The molecule has 4 nitrogen and oxygen atoms in total. The number of nitrogens with zero attached hydrogens (tertiary/aromatic N) is 2. The highest BCUT2D eigenvalue weighted by Gasteiger charge is 2.59. The van der Waals surface area contributed by atoms with Crippen molar-refractivity contribution in [3.05, 3.63) is 69.6 Å². The fourth-order valence-corrected chi connectivity index (χ4v) is 3.77. The van der Waals surface area contributed by atoms with Crippen LogP contribution in [-0.4, -0.2) is 40.9 Å². The summed E-state index contributed by atoms with van der Waals surface area (Å²) in [4.78, 5) is 14.7. The summed E-state index contributed by atoms with van der Waals surface area (Å²) in [6.45, 7) is 9.15. The average Bonchev–Trinajstić information content (AvgIpc) is 2.71. The zero-order valence-electron chi connectivity index (χ0n) is 18.3. The molecular formula is C23H25F5N2O2. The Balaban J connectivity index is 2.36. The van der Waals surface area contributed by atoms with E-state index in [-0.39, 0.29) is 17.0 Å². The van der Waals surface area contributed by atoms with E-state index in [1.165, 1.54) is 22.9 Å². The van der Waals surface area contributed by atoms with E-state index >= 15 is 0 Å². The molecule has 0 saturated heterocycles. The molecule has 174 valence electrons. The second kappa shape index (κ2) is 8.35. The molecule has 1 aromatic carbocycles. The minimum absolute atomic E-state index is 0.0150. The Hall–Kier alpha value is -2.68. The molecule has 0 bridgehead atoms. The topological polar surface area (TPSA) is 34.5 Å². The van der Waals surface area contributed by atoms with Gasteiger partial charge in [0, 0.05) is 35.5 Å². The molecule has 0 spiro atoms. The predicted molar refractivity (Wildman–Crippen MR) is 112 cm³/mol. The summed E-state index contributed by atoms with van der Waals surface area (Å²) in [5, 5.41) is 0. The standard InChI is InChI=1S/C23H25F5N2O2/c1-5-29(6-2)14-17-20(30-12-8-7-9-19(30)31)16-13-15(22(24,25)23(26,27)28)10-11-18(16)32-21(17,3)4/h7-13H,5-6,14H2,1-4H3. The normalized spacial score (nSPS) is 16.2. The molecule has 3 rings (SSSR count). The van der Waals surface area contributed by atoms with Crippen molar-refractivity contribution in [3.63, 3.8) is 0 Å². The molecule has 2 aromatic rings. The van der Waals surface area contributed by atoms with Crippen LogP contribution in [0, 0.1) is 0 Å². The Bertz CT molecular complexity index is 1080. The van der Waals surface area contributed by atoms with Crippen LogP contribution in [0.5, 0.6) is 5.75 Å². The third-order valence-corrected chi connectivity index (χ3v) is 5.67. The minimum atomic E-state index is -5.76. The molecule has 1 aromatic heterocycles. The molecule has 0 amide bonds. The maximum Gasteiger partial charge on any atom is 0.458 e. The molecule has 32 heavy (non-hydrogen) atoms. The van der Waals surface area contributed by atoms with Gasteiger partial charge in [-0.2, -0.15) is 22.0 Å². The third-order valence-electron chi connectivity index (χ3n) is 5.67. The third kappa shape index (κ3) is 4.18. The van der Waals surface area contributed by atoms with Gasteiger partial charge in [0.05, 0.1) is 5.70 Å². The monoisotopic (exact) mass is 456 g/mol. The van der Waals surface area contributed by atoms with Crippen LogP contribution in [-0.2, 0) is 5.92 Å². The molecule has 0 aliphatic carbocycles. The first kappa shape index (κ1) is 24.0. The summed E-state index contributed by atoms with van der Waals surface area (Å²) in [5.74, 6) is -4.92. The van der Waals surface area contributed by atoms with Gasteiger partial charge in [-0.15, -0.1) is 0 Å². The van der Waals surface area contributed by atoms with Crippen molar-refractivity contribution in [1.29, 1.82) is 0 Å². The van der Waals surface area contributed by atoms with E-state index in [0.29, 0.717) is 31.3 Å². The van der Waals surface area contributed by atoms with Crippen molar-refractivity contribution in [2.75, 3.05) is 19.6 Å². The Morgan fingerprint density at radius 3 is 2.25 bits per heavy atom. The molecule has 2 heterocycles. The summed E-state index contributed by atoms with van der Waals surface area (Å²) < 4.78 is 74.7. The smallest absolute Gasteiger partial charge is 0.458 e. The number of hydrogen-bond donors (Lipinski definition) is 0. The fourth-order valence-electron chi connectivity index (χ4n) is 3.77. The van der Waals surface area contributed by atoms with Crippen LogP contribution >= 0.6 is 0 Å². The van der Waals surface area contributed by atoms with Gasteiger partial charge in [0.25, 0.3) is 5.56 Å². The highest BCUT2D eigenvalue weighted by molar-refractivity contribution is 5.77. The first-order chi connectivity index (χ1) is 14.8. The summed E-state index contributed by atoms with van der Waals surface area (Å²) >= 11 is 0. The molecule has 0 N–H and O–H groups in total. The zero-order chi connectivity index (χ0) is 23.9. The molecule has 0 radical (unpaired) electrons. The first-order valence-electron chi connectivity index (χ1n) is 10.3. The number of aromatic nitrogens is 1. The van der Waals surface area contributed by atoms with Crippen molar-refractivity contribution in [1.82, 2.24) is 9.47 Å². The second-order valence-electron chi connectivity index (χ2n) is 8.09. The Morgan fingerprint density at radius 1 is 1.03 bits per heavy atom. The average molecular weight is 456 g/mol. The molecule has 0 saturated carbocycles. The number of ether oxygens (including phenoxy) is 1. The highest BCUT2D eigenvalue weighted by Crippen LogP contribution is 2.48. The molecular weight excluding hydrogens is 431 g/mol. The van der Waals surface area contributed by atoms with Gasteiger partial charge in [0.15, 0.2) is 0 Å². The van der Waals surface area contributed by atoms with E-state index in [4.69, 9.17) is 4.74 Å². The van der Waals surface area contributed by atoms with Crippen LogP contribution < -0.4 is 10.3 Å². The van der Waals surface area contributed by atoms with Gasteiger partial charge < -0.3 is 4.74 Å². The zero-order valence-corrected chi connectivity index (χ0v) is 18.3. The number of likely N-dealkylation sites (N-methyl/N-ethyl adjacent to an activating group) is 1. The first-order valence-corrected chi connectivity index (χ1v) is 10.3. The summed E-state index contributed by atoms with van der Waals surface area (Å²) in [6.07, 6.45) is -4.28. The number of fused-ring (bicyclic) bond motifs is 1. The van der Waals surface area contributed by atoms with Gasteiger partial charge in [-0.05, 0) is 51.2 Å². The number of alkyl halides is 5. The van der Waals surface area contributed by atoms with Crippen LogP contribution in [0.3, 0.4) is 0 Å². The summed E-state index contributed by atoms with van der Waals surface area (Å²) in [5.41, 5.74) is -1.70. The van der Waals surface area contributed by atoms with Crippen LogP contribution in [0.4, 0.5) is 22.0 Å². The van der Waals surface area contributed by atoms with Gasteiger partial charge >= 0.3 is 12.1 Å². The number of pyridine rings is 1. The largest absolute Gasteiger partial charge is 0.483 e. The Labute approximate surface area is 182 Å². The van der Waals surface area contributed by atoms with E-state index in [1.807, 2.05) is 18.7 Å². The number of rotatable bonds is 6. The van der Waals surface area contributed by atoms with E-state index < -0.39 is 28.8 Å². The molecule has 9 heteroatoms. The molecule has 0 unspecified atom stereocenters. The summed E-state index contributed by atoms with van der Waals surface area (Å²) in [6, 6.07) is 7.02. The van der Waals surface area contributed by atoms with Crippen LogP contribution in [0.15, 0.2) is 53.0 Å². The second-order valence-corrected chi connectivity index (χ2v) is 8.09. The number of halogens is 5. The lowest BCUT2D eigenvalue weighted by atomic mass is 9.87. The number of hydrogen-bond acceptors (Lipinski definition) is 3. The fraction of sp³-hybridized carbons (Fsp3) is 0.435. The quantitative estimate of drug-likeness (QED) is 0.555. The van der Waals surface area contributed by atoms with E-state index in [0.717, 1.165) is 12.1 Å². The lowest BCUT2D eigenvalue weighted by Crippen LogP contribution is -2.42. The van der Waals surface area contributed by atoms with Crippen molar-refractivity contribution in [2.45, 2.75) is 45.4 Å². The lowest BCUT2D eigenvalue weighted by Gasteiger charge is -2.39. The van der Waals surface area contributed by atoms with E-state index in [9.17, 15) is 26.7 Å². The number of benzene rings is 1. The Morgan fingerprint density at radius 2 is 1.69 bits per heavy atom. The highest BCUT2D eigenvalue weighted by atomic mass is 19.4. The van der Waals surface area contributed by atoms with Crippen LogP contribution in [0.2, 0.25) is 0 Å². The SMILES string of the molecule is CCN(CC)CC1=C(n2ccccc2=O)c2cc(C(F)(F)C(F)(F)F)ccc2OC1(C)C. The van der Waals surface area contributed by atoms with Crippen molar-refractivity contribution < 1.29 is 26.7 Å². The van der Waals surface area contributed by atoms with Gasteiger partial charge in [0.2, 0.25) is 0 Å². The van der Waals surface area contributed by atoms with Gasteiger partial charge in [-0.3, -0.25) is 14.3 Å². The van der Waals surface area contributed by atoms with E-state index in [2.05, 4.69) is 0 Å². The van der Waals surface area contributed by atoms with Crippen molar-refractivity contribution in [2.24, 2.45) is 0 Å². The molecule has 0 fully saturated rings. The van der Waals surface area contributed by atoms with Crippen molar-refractivity contribution in [3.8, 4) is 5.75 Å².